The van der Waals surface area contributed by atoms with Gasteiger partial charge in [-0.2, -0.15) is 0 Å². The van der Waals surface area contributed by atoms with Crippen LogP contribution in [-0.2, 0) is 9.53 Å². The van der Waals surface area contributed by atoms with E-state index in [-0.39, 0.29) is 5.91 Å². The SMILES string of the molecule is COC(=O)c1sccc1NC(=O)/C=C(\C)c1cc2c(-c3ccc(OC)cc3)coc2c(C)c1OC. The second kappa shape index (κ2) is 10.1. The molecule has 7 nitrogen and oxygen atoms in total. The standard InChI is InChI=1S/C27H25NO6S/c1-15(12-23(29)28-22-10-11-35-26(22)27(30)33-5)19-13-20-21(17-6-8-18(31-3)9-7-17)14-34-25(20)16(2)24(19)32-4/h6-14H,1-5H3,(H,28,29)/b15-12+. The van der Waals surface area contributed by atoms with Crippen molar-refractivity contribution < 1.29 is 28.2 Å². The average Bonchev–Trinajstić information content (AvgIpc) is 3.50. The first-order chi connectivity index (χ1) is 16.9. The Morgan fingerprint density at radius 3 is 2.46 bits per heavy atom. The number of esters is 1. The zero-order valence-corrected chi connectivity index (χ0v) is 20.9. The largest absolute Gasteiger partial charge is 0.497 e. The summed E-state index contributed by atoms with van der Waals surface area (Å²) in [5, 5.41) is 5.39. The molecular weight excluding hydrogens is 466 g/mol. The van der Waals surface area contributed by atoms with Gasteiger partial charge in [0.15, 0.2) is 0 Å². The number of methoxy groups -OCH3 is 3. The van der Waals surface area contributed by atoms with Crippen LogP contribution in [0.4, 0.5) is 5.69 Å². The molecule has 0 fully saturated rings. The van der Waals surface area contributed by atoms with Gasteiger partial charge in [-0.25, -0.2) is 4.79 Å². The molecule has 4 rings (SSSR count). The van der Waals surface area contributed by atoms with Gasteiger partial charge in [0.1, 0.15) is 22.0 Å². The average molecular weight is 492 g/mol. The van der Waals surface area contributed by atoms with E-state index in [0.717, 1.165) is 39.0 Å². The van der Waals surface area contributed by atoms with Crippen LogP contribution in [0.15, 0.2) is 58.5 Å². The Morgan fingerprint density at radius 1 is 1.06 bits per heavy atom. The summed E-state index contributed by atoms with van der Waals surface area (Å²) < 4.78 is 21.6. The molecule has 2 aromatic carbocycles. The number of ether oxygens (including phenoxy) is 3. The van der Waals surface area contributed by atoms with Gasteiger partial charge in [0.2, 0.25) is 5.91 Å². The highest BCUT2D eigenvalue weighted by Crippen LogP contribution is 2.40. The summed E-state index contributed by atoms with van der Waals surface area (Å²) >= 11 is 1.20. The molecule has 4 aromatic rings. The van der Waals surface area contributed by atoms with E-state index in [1.54, 1.807) is 31.9 Å². The van der Waals surface area contributed by atoms with Crippen molar-refractivity contribution in [1.82, 2.24) is 0 Å². The predicted octanol–water partition coefficient (Wildman–Crippen LogP) is 6.32. The van der Waals surface area contributed by atoms with Crippen LogP contribution in [-0.4, -0.2) is 33.2 Å². The summed E-state index contributed by atoms with van der Waals surface area (Å²) in [6.07, 6.45) is 3.20. The second-order valence-corrected chi connectivity index (χ2v) is 8.72. The molecule has 8 heteroatoms. The first kappa shape index (κ1) is 24.1. The maximum atomic E-state index is 12.8. The smallest absolute Gasteiger partial charge is 0.350 e. The summed E-state index contributed by atoms with van der Waals surface area (Å²) in [6, 6.07) is 11.4. The Kier molecular flexibility index (Phi) is 6.93. The van der Waals surface area contributed by atoms with Crippen molar-refractivity contribution in [1.29, 1.82) is 0 Å². The summed E-state index contributed by atoms with van der Waals surface area (Å²) in [4.78, 5) is 25.0. The lowest BCUT2D eigenvalue weighted by Gasteiger charge is -2.13. The van der Waals surface area contributed by atoms with Crippen molar-refractivity contribution in [3.63, 3.8) is 0 Å². The minimum atomic E-state index is -0.496. The molecule has 0 aliphatic carbocycles. The fraction of sp³-hybridized carbons (Fsp3) is 0.185. The third-order valence-electron chi connectivity index (χ3n) is 5.72. The van der Waals surface area contributed by atoms with Crippen LogP contribution in [0.25, 0.3) is 27.7 Å². The Balaban J connectivity index is 1.73. The van der Waals surface area contributed by atoms with Crippen LogP contribution in [0.2, 0.25) is 0 Å². The monoisotopic (exact) mass is 491 g/mol. The first-order valence-corrected chi connectivity index (χ1v) is 11.6. The Bertz CT molecular complexity index is 1430. The van der Waals surface area contributed by atoms with Crippen LogP contribution < -0.4 is 14.8 Å². The number of furan rings is 1. The molecular formula is C27H25NO6S. The molecule has 0 spiro atoms. The van der Waals surface area contributed by atoms with Gasteiger partial charge in [-0.1, -0.05) is 12.1 Å². The van der Waals surface area contributed by atoms with E-state index in [2.05, 4.69) is 5.32 Å². The zero-order valence-electron chi connectivity index (χ0n) is 20.1. The molecule has 2 aromatic heterocycles. The van der Waals surface area contributed by atoms with Gasteiger partial charge in [0.05, 0.1) is 33.3 Å². The van der Waals surface area contributed by atoms with Gasteiger partial charge in [-0.05, 0) is 54.6 Å². The molecule has 1 N–H and O–H groups in total. The van der Waals surface area contributed by atoms with E-state index in [9.17, 15) is 9.59 Å². The maximum Gasteiger partial charge on any atom is 0.350 e. The predicted molar refractivity (Wildman–Crippen MR) is 137 cm³/mol. The first-order valence-electron chi connectivity index (χ1n) is 10.8. The van der Waals surface area contributed by atoms with Gasteiger partial charge in [-0.15, -0.1) is 11.3 Å². The van der Waals surface area contributed by atoms with Gasteiger partial charge in [0.25, 0.3) is 0 Å². The number of nitrogens with one attached hydrogen (secondary N) is 1. The fourth-order valence-corrected chi connectivity index (χ4v) is 4.73. The molecule has 0 aliphatic rings. The van der Waals surface area contributed by atoms with Crippen LogP contribution in [0.5, 0.6) is 11.5 Å². The number of allylic oxidation sites excluding steroid dienone is 1. The van der Waals surface area contributed by atoms with E-state index in [1.165, 1.54) is 24.5 Å². The van der Waals surface area contributed by atoms with E-state index in [1.807, 2.05) is 44.2 Å². The lowest BCUT2D eigenvalue weighted by atomic mass is 9.96. The van der Waals surface area contributed by atoms with Crippen LogP contribution in [0.3, 0.4) is 0 Å². The third kappa shape index (κ3) is 4.65. The van der Waals surface area contributed by atoms with Crippen LogP contribution in [0, 0.1) is 6.92 Å². The molecule has 0 bridgehead atoms. The highest BCUT2D eigenvalue weighted by atomic mass is 32.1. The lowest BCUT2D eigenvalue weighted by Crippen LogP contribution is -2.11. The van der Waals surface area contributed by atoms with Gasteiger partial charge < -0.3 is 23.9 Å². The number of benzene rings is 2. The van der Waals surface area contributed by atoms with Gasteiger partial charge >= 0.3 is 5.97 Å². The number of anilines is 1. The van der Waals surface area contributed by atoms with Gasteiger partial charge in [-0.3, -0.25) is 4.79 Å². The topological polar surface area (TPSA) is 87.0 Å². The Labute approximate surface area is 206 Å². The number of amides is 1. The molecule has 0 atom stereocenters. The van der Waals surface area contributed by atoms with Gasteiger partial charge in [0, 0.05) is 28.2 Å². The van der Waals surface area contributed by atoms with E-state index < -0.39 is 5.97 Å². The van der Waals surface area contributed by atoms with Crippen LogP contribution >= 0.6 is 11.3 Å². The number of carbonyl (C=O) groups excluding carboxylic acids is 2. The quantitative estimate of drug-likeness (QED) is 0.241. The highest BCUT2D eigenvalue weighted by Gasteiger charge is 2.20. The molecule has 2 heterocycles. The highest BCUT2D eigenvalue weighted by molar-refractivity contribution is 7.12. The third-order valence-corrected chi connectivity index (χ3v) is 6.61. The molecule has 0 saturated heterocycles. The molecule has 0 saturated carbocycles. The Morgan fingerprint density at radius 2 is 1.80 bits per heavy atom. The number of thiophene rings is 1. The lowest BCUT2D eigenvalue weighted by molar-refractivity contribution is -0.111. The van der Waals surface area contributed by atoms with Crippen molar-refractivity contribution in [3.05, 3.63) is 70.1 Å². The summed E-state index contributed by atoms with van der Waals surface area (Å²) in [7, 11) is 4.52. The number of rotatable bonds is 7. The van der Waals surface area contributed by atoms with Crippen molar-refractivity contribution in [3.8, 4) is 22.6 Å². The fourth-order valence-electron chi connectivity index (χ4n) is 3.97. The minimum absolute atomic E-state index is 0.337. The maximum absolute atomic E-state index is 12.8. The van der Waals surface area contributed by atoms with E-state index in [4.69, 9.17) is 18.6 Å². The van der Waals surface area contributed by atoms with Crippen molar-refractivity contribution >= 4 is 45.4 Å². The molecule has 1 amide bonds. The minimum Gasteiger partial charge on any atom is -0.497 e. The van der Waals surface area contributed by atoms with E-state index in [0.29, 0.717) is 21.9 Å². The molecule has 35 heavy (non-hydrogen) atoms. The van der Waals surface area contributed by atoms with Crippen molar-refractivity contribution in [2.45, 2.75) is 13.8 Å². The summed E-state index contributed by atoms with van der Waals surface area (Å²) in [5.74, 6) is 0.532. The molecule has 180 valence electrons. The molecule has 0 unspecified atom stereocenters. The number of carbonyl (C=O) groups is 2. The van der Waals surface area contributed by atoms with Crippen LogP contribution in [0.1, 0.15) is 27.7 Å². The van der Waals surface area contributed by atoms with E-state index >= 15 is 0 Å². The summed E-state index contributed by atoms with van der Waals surface area (Å²) in [5.41, 5.74) is 5.32. The number of hydrogen-bond acceptors (Lipinski definition) is 7. The number of aryl methyl sites for hydroxylation is 1. The normalized spacial score (nSPS) is 11.4. The zero-order chi connectivity index (χ0) is 25.1. The number of hydrogen-bond donors (Lipinski definition) is 1. The second-order valence-electron chi connectivity index (χ2n) is 7.81. The molecule has 0 aliphatic heterocycles. The van der Waals surface area contributed by atoms with Crippen molar-refractivity contribution in [2.24, 2.45) is 0 Å². The molecule has 0 radical (unpaired) electrons. The summed E-state index contributed by atoms with van der Waals surface area (Å²) in [6.45, 7) is 3.76. The Hall–Kier alpha value is -4.04. The van der Waals surface area contributed by atoms with Crippen molar-refractivity contribution in [2.75, 3.05) is 26.6 Å². The number of fused-ring (bicyclic) bond motifs is 1.